The minimum absolute atomic E-state index is 0. The van der Waals surface area contributed by atoms with E-state index in [4.69, 9.17) is 14.4 Å². The van der Waals surface area contributed by atoms with Crippen molar-refractivity contribution in [3.63, 3.8) is 0 Å². The molecule has 3 aromatic heterocycles. The third-order valence-corrected chi connectivity index (χ3v) is 17.1. The van der Waals surface area contributed by atoms with Crippen molar-refractivity contribution < 1.29 is 30.6 Å². The molecule has 10 aromatic carbocycles. The second-order valence-electron chi connectivity index (χ2n) is 24.7. The number of hydrogen-bond donors (Lipinski definition) is 1. The van der Waals surface area contributed by atoms with Crippen LogP contribution in [0, 0.1) is 19.9 Å². The number of phenols is 1. The number of fused-ring (bicyclic) bond motifs is 7. The van der Waals surface area contributed by atoms with Gasteiger partial charge in [-0.2, -0.15) is 0 Å². The first-order valence-corrected chi connectivity index (χ1v) is 29.0. The van der Waals surface area contributed by atoms with Crippen LogP contribution in [0.5, 0.6) is 5.75 Å². The summed E-state index contributed by atoms with van der Waals surface area (Å²) in [4.78, 5) is 11.5. The first-order chi connectivity index (χ1) is 40.1. The van der Waals surface area contributed by atoms with Gasteiger partial charge in [0.2, 0.25) is 0 Å². The summed E-state index contributed by atoms with van der Waals surface area (Å²) in [5.74, 6) is 0.942. The number of aromatic nitrogens is 3. The van der Waals surface area contributed by atoms with Crippen LogP contribution in [0.15, 0.2) is 217 Å². The summed E-state index contributed by atoms with van der Waals surface area (Å²) in [6.07, 6.45) is 1.67. The van der Waals surface area contributed by atoms with Gasteiger partial charge in [0.1, 0.15) is 17.0 Å². The van der Waals surface area contributed by atoms with E-state index in [2.05, 4.69) is 254 Å². The van der Waals surface area contributed by atoms with Crippen LogP contribution in [0.25, 0.3) is 128 Å². The van der Waals surface area contributed by atoms with Gasteiger partial charge in [0.05, 0.1) is 28.0 Å². The van der Waals surface area contributed by atoms with Crippen LogP contribution in [0.2, 0.25) is 0 Å². The molecule has 414 valence electrons. The van der Waals surface area contributed by atoms with Gasteiger partial charge < -0.3 is 9.52 Å². The Hall–Kier alpha value is -8.89. The summed E-state index contributed by atoms with van der Waals surface area (Å²) in [5.41, 5.74) is 26.2. The van der Waals surface area contributed by atoms with E-state index in [-0.39, 0.29) is 37.6 Å². The van der Waals surface area contributed by atoms with E-state index >= 15 is 0 Å². The molecule has 0 unspecified atom stereocenters. The zero-order valence-corrected chi connectivity index (χ0v) is 50.9. The van der Waals surface area contributed by atoms with Crippen molar-refractivity contribution in [2.75, 3.05) is 0 Å². The summed E-state index contributed by atoms with van der Waals surface area (Å²) >= 11 is 0. The van der Waals surface area contributed by atoms with Gasteiger partial charge in [-0.1, -0.05) is 216 Å². The fraction of sp³-hybridized carbons (Fsp3) is 0.154. The number of rotatable bonds is 8. The van der Waals surface area contributed by atoms with Crippen molar-refractivity contribution in [2.24, 2.45) is 0 Å². The topological polar surface area (TPSA) is 64.1 Å². The summed E-state index contributed by atoms with van der Waals surface area (Å²) in [5, 5.41) is 13.5. The maximum Gasteiger partial charge on any atom is 0.163 e. The van der Waals surface area contributed by atoms with E-state index in [0.717, 1.165) is 152 Å². The third-order valence-electron chi connectivity index (χ3n) is 17.1. The van der Waals surface area contributed by atoms with Crippen LogP contribution in [0.1, 0.15) is 74.9 Å². The van der Waals surface area contributed by atoms with Gasteiger partial charge >= 0.3 is 0 Å². The zero-order chi connectivity index (χ0) is 56.9. The first-order valence-electron chi connectivity index (χ1n) is 29.0. The Morgan fingerprint density at radius 2 is 1.06 bits per heavy atom. The van der Waals surface area contributed by atoms with Gasteiger partial charge in [0.25, 0.3) is 0 Å². The van der Waals surface area contributed by atoms with Crippen LogP contribution in [0.4, 0.5) is 0 Å². The number of aromatic hydroxyl groups is 1. The molecule has 1 aliphatic rings. The number of phenolic OH excluding ortho intramolecular Hbond substituents is 1. The number of pyridine rings is 1. The van der Waals surface area contributed by atoms with E-state index in [9.17, 15) is 5.11 Å². The number of benzene rings is 10. The maximum atomic E-state index is 11.5. The molecule has 0 saturated heterocycles. The Bertz CT molecular complexity index is 4590. The standard InChI is InChI=1S/C78H64N3O2.Pt/c1-47-20-17-21-48(2)75(47)81-66-39-37-64(70(53-34-36-63-62-27-15-16-31-68(62)83-69(63)46-53)74(66)80-76(81)65-38-35-52-33-32-51-26-18-30-67(82)71(51)73(52)79-65)72-60(56-40-54(49-22-11-9-12-23-49)42-58(44-56)77(3,4)5)28-19-29-61(72)57-41-55(50-24-13-10-14-25-50)43-59(45-57)78(6,7)8;/h9-31,35-46,82H,32-33H2,1-8H3;/q-1;. The molecule has 0 bridgehead atoms. The fourth-order valence-corrected chi connectivity index (χ4v) is 12.7. The predicted octanol–water partition coefficient (Wildman–Crippen LogP) is 20.5. The number of hydrogen-bond acceptors (Lipinski definition) is 4. The van der Waals surface area contributed by atoms with E-state index in [1.54, 1.807) is 6.07 Å². The molecule has 13 aromatic rings. The van der Waals surface area contributed by atoms with Crippen LogP contribution in [0.3, 0.4) is 0 Å². The second kappa shape index (κ2) is 21.1. The SMILES string of the molecule is Cc1cccc(C)c1-n1c(-c2ccc3c(n2)-c2c(O)cccc2CC3)nc2c(-c3[c-]cc4c(c3)oc3ccccc34)c(-c3c(-c4cc(-c5ccccc5)cc(C(C)(C)C)c4)cccc3-c3cc(-c4ccccc4)cc(C(C)(C)C)c3)ccc21.[Pt]. The molecule has 6 heteroatoms. The normalized spacial score (nSPS) is 12.4. The molecule has 84 heavy (non-hydrogen) atoms. The van der Waals surface area contributed by atoms with Crippen molar-refractivity contribution in [1.29, 1.82) is 0 Å². The summed E-state index contributed by atoms with van der Waals surface area (Å²) in [6.45, 7) is 18.2. The fourth-order valence-electron chi connectivity index (χ4n) is 12.7. The predicted molar refractivity (Wildman–Crippen MR) is 344 cm³/mol. The molecule has 0 amide bonds. The van der Waals surface area contributed by atoms with Crippen molar-refractivity contribution >= 4 is 33.0 Å². The van der Waals surface area contributed by atoms with Crippen LogP contribution >= 0.6 is 0 Å². The van der Waals surface area contributed by atoms with Crippen molar-refractivity contribution in [2.45, 2.75) is 79.1 Å². The van der Waals surface area contributed by atoms with Gasteiger partial charge in [-0.05, 0) is 168 Å². The third kappa shape index (κ3) is 9.49. The van der Waals surface area contributed by atoms with Crippen molar-refractivity contribution in [1.82, 2.24) is 14.5 Å². The molecule has 0 spiro atoms. The second-order valence-corrected chi connectivity index (χ2v) is 24.7. The quantitative estimate of drug-likeness (QED) is 0.154. The van der Waals surface area contributed by atoms with Crippen molar-refractivity contribution in [3.05, 3.63) is 252 Å². The smallest absolute Gasteiger partial charge is 0.163 e. The molecular formula is C78H64N3O2Pt-. The van der Waals surface area contributed by atoms with Gasteiger partial charge in [-0.15, -0.1) is 23.8 Å². The molecule has 0 atom stereocenters. The molecule has 0 radical (unpaired) electrons. The average molecular weight is 1270 g/mol. The van der Waals surface area contributed by atoms with Crippen LogP contribution in [-0.4, -0.2) is 19.6 Å². The molecule has 0 fully saturated rings. The Morgan fingerprint density at radius 1 is 0.476 bits per heavy atom. The minimum Gasteiger partial charge on any atom is -0.507 e. The Labute approximate surface area is 506 Å². The van der Waals surface area contributed by atoms with E-state index in [1.165, 1.54) is 11.1 Å². The molecule has 14 rings (SSSR count). The Kier molecular flexibility index (Phi) is 13.6. The summed E-state index contributed by atoms with van der Waals surface area (Å²) in [6, 6.07) is 80.3. The Balaban J connectivity index is 0.00000658. The van der Waals surface area contributed by atoms with Crippen molar-refractivity contribution in [3.8, 4) is 101 Å². The van der Waals surface area contributed by atoms with Gasteiger partial charge in [0.15, 0.2) is 5.82 Å². The van der Waals surface area contributed by atoms with E-state index < -0.39 is 0 Å². The van der Waals surface area contributed by atoms with E-state index in [0.29, 0.717) is 11.5 Å². The molecule has 0 saturated carbocycles. The molecule has 0 aliphatic heterocycles. The number of nitrogens with zero attached hydrogens (tertiary/aromatic N) is 3. The average Bonchev–Trinajstić information content (AvgIpc) is 2.50. The van der Waals surface area contributed by atoms with Crippen LogP contribution in [-0.2, 0) is 44.7 Å². The largest absolute Gasteiger partial charge is 0.507 e. The maximum absolute atomic E-state index is 11.5. The number of furan rings is 1. The van der Waals surface area contributed by atoms with Gasteiger partial charge in [-0.25, -0.2) is 9.97 Å². The minimum atomic E-state index is -0.160. The van der Waals surface area contributed by atoms with E-state index in [1.807, 2.05) is 18.2 Å². The molecule has 3 heterocycles. The van der Waals surface area contributed by atoms with Crippen LogP contribution < -0.4 is 0 Å². The molecule has 1 N–H and O–H groups in total. The molecule has 5 nitrogen and oxygen atoms in total. The molecule has 1 aliphatic carbocycles. The monoisotopic (exact) mass is 1270 g/mol. The first kappa shape index (κ1) is 54.4. The number of imidazole rings is 1. The molecular weight excluding hydrogens is 1210 g/mol. The zero-order valence-electron chi connectivity index (χ0n) is 48.6. The summed E-state index contributed by atoms with van der Waals surface area (Å²) < 4.78 is 9.09. The van der Waals surface area contributed by atoms with Gasteiger partial charge in [-0.3, -0.25) is 4.57 Å². The summed E-state index contributed by atoms with van der Waals surface area (Å²) in [7, 11) is 0. The Morgan fingerprint density at radius 3 is 1.70 bits per heavy atom. The van der Waals surface area contributed by atoms with Gasteiger partial charge in [0, 0.05) is 26.6 Å². The number of aryl methyl sites for hydroxylation is 4. The number of para-hydroxylation sites is 2.